The van der Waals surface area contributed by atoms with Crippen LogP contribution in [0.3, 0.4) is 0 Å². The van der Waals surface area contributed by atoms with Crippen LogP contribution >= 0.6 is 0 Å². The molecule has 0 radical (unpaired) electrons. The van der Waals surface area contributed by atoms with E-state index >= 15 is 0 Å². The van der Waals surface area contributed by atoms with Gasteiger partial charge in [-0.2, -0.15) is 5.10 Å². The van der Waals surface area contributed by atoms with Gasteiger partial charge in [-0.3, -0.25) is 4.79 Å². The molecule has 1 amide bonds. The van der Waals surface area contributed by atoms with Gasteiger partial charge in [0.25, 0.3) is 0 Å². The number of ether oxygens (including phenoxy) is 2. The van der Waals surface area contributed by atoms with Gasteiger partial charge < -0.3 is 19.9 Å². The number of hydrogen-bond donors (Lipinski definition) is 2. The lowest BCUT2D eigenvalue weighted by Gasteiger charge is -2.25. The number of methoxy groups -OCH3 is 2. The first-order valence-electron chi connectivity index (χ1n) is 9.37. The second kappa shape index (κ2) is 7.50. The minimum Gasteiger partial charge on any atom is -0.502 e. The molecule has 29 heavy (non-hydrogen) atoms. The second-order valence-corrected chi connectivity index (χ2v) is 7.07. The number of anilines is 1. The maximum absolute atomic E-state index is 12.5. The summed E-state index contributed by atoms with van der Waals surface area (Å²) in [6.45, 7) is 2.51. The third-order valence-electron chi connectivity index (χ3n) is 5.25. The summed E-state index contributed by atoms with van der Waals surface area (Å²) in [5.41, 5.74) is 3.75. The number of nitrogens with zero attached hydrogens (tertiary/aromatic N) is 2. The van der Waals surface area contributed by atoms with Crippen molar-refractivity contribution < 1.29 is 19.4 Å². The highest BCUT2D eigenvalue weighted by Crippen LogP contribution is 2.45. The van der Waals surface area contributed by atoms with Gasteiger partial charge in [0.15, 0.2) is 11.5 Å². The van der Waals surface area contributed by atoms with Crippen LogP contribution in [0.15, 0.2) is 42.5 Å². The Morgan fingerprint density at radius 3 is 2.45 bits per heavy atom. The Bertz CT molecular complexity index is 1030. The fourth-order valence-corrected chi connectivity index (χ4v) is 3.89. The highest BCUT2D eigenvalue weighted by atomic mass is 16.5. The summed E-state index contributed by atoms with van der Waals surface area (Å²) >= 11 is 0. The van der Waals surface area contributed by atoms with Crippen molar-refractivity contribution in [2.24, 2.45) is 0 Å². The highest BCUT2D eigenvalue weighted by Gasteiger charge is 2.33. The van der Waals surface area contributed by atoms with Gasteiger partial charge in [-0.15, -0.1) is 0 Å². The first-order valence-corrected chi connectivity index (χ1v) is 9.37. The standard InChI is InChI=1S/C22H23N3O4/c1-13-20-16(15-9-17(28-2)21(27)18(10-15)29-3)11-19(26)23-22(20)25(24-13)12-14-7-5-4-6-8-14/h4-10,16,27H,11-12H2,1-3H3,(H,23,26). The summed E-state index contributed by atoms with van der Waals surface area (Å²) in [4.78, 5) is 12.5. The maximum Gasteiger partial charge on any atom is 0.226 e. The molecule has 1 atom stereocenters. The van der Waals surface area contributed by atoms with Crippen molar-refractivity contribution in [3.63, 3.8) is 0 Å². The third-order valence-corrected chi connectivity index (χ3v) is 5.25. The number of aryl methyl sites for hydroxylation is 1. The molecular weight excluding hydrogens is 370 g/mol. The summed E-state index contributed by atoms with van der Waals surface area (Å²) in [6, 6.07) is 13.5. The highest BCUT2D eigenvalue weighted by molar-refractivity contribution is 5.94. The Balaban J connectivity index is 1.80. The zero-order valence-corrected chi connectivity index (χ0v) is 16.6. The van der Waals surface area contributed by atoms with Gasteiger partial charge in [-0.05, 0) is 30.2 Å². The minimum atomic E-state index is -0.216. The van der Waals surface area contributed by atoms with Gasteiger partial charge in [0.1, 0.15) is 5.82 Å². The summed E-state index contributed by atoms with van der Waals surface area (Å²) < 4.78 is 12.4. The van der Waals surface area contributed by atoms with Crippen LogP contribution in [0.2, 0.25) is 0 Å². The van der Waals surface area contributed by atoms with E-state index in [2.05, 4.69) is 5.32 Å². The van der Waals surface area contributed by atoms with Crippen molar-refractivity contribution in [1.82, 2.24) is 9.78 Å². The van der Waals surface area contributed by atoms with E-state index in [-0.39, 0.29) is 24.0 Å². The lowest BCUT2D eigenvalue weighted by atomic mass is 9.85. The van der Waals surface area contributed by atoms with Crippen LogP contribution in [0.1, 0.15) is 34.7 Å². The van der Waals surface area contributed by atoms with Crippen LogP contribution in [-0.4, -0.2) is 35.0 Å². The van der Waals surface area contributed by atoms with Crippen LogP contribution in [0.4, 0.5) is 5.82 Å². The molecule has 7 nitrogen and oxygen atoms in total. The molecule has 0 aliphatic carbocycles. The summed E-state index contributed by atoms with van der Waals surface area (Å²) in [7, 11) is 2.97. The molecule has 1 aliphatic heterocycles. The zero-order valence-electron chi connectivity index (χ0n) is 16.6. The Labute approximate surface area is 168 Å². The number of carbonyl (C=O) groups excluding carboxylic acids is 1. The van der Waals surface area contributed by atoms with Crippen molar-refractivity contribution >= 4 is 11.7 Å². The fraction of sp³-hybridized carbons (Fsp3) is 0.273. The van der Waals surface area contributed by atoms with E-state index in [1.165, 1.54) is 14.2 Å². The molecule has 7 heteroatoms. The van der Waals surface area contributed by atoms with E-state index in [0.717, 1.165) is 22.4 Å². The predicted octanol–water partition coefficient (Wildman–Crippen LogP) is 3.44. The average molecular weight is 393 g/mol. The molecule has 3 aromatic rings. The number of aromatic nitrogens is 2. The van der Waals surface area contributed by atoms with Crippen LogP contribution in [0.25, 0.3) is 0 Å². The molecule has 2 N–H and O–H groups in total. The van der Waals surface area contributed by atoms with Crippen molar-refractivity contribution in [1.29, 1.82) is 0 Å². The first-order chi connectivity index (χ1) is 14.0. The van der Waals surface area contributed by atoms with Gasteiger partial charge in [0.2, 0.25) is 11.7 Å². The molecule has 0 fully saturated rings. The lowest BCUT2D eigenvalue weighted by Crippen LogP contribution is -2.25. The number of benzene rings is 2. The number of phenolic OH excluding ortho intramolecular Hbond substituents is 1. The monoisotopic (exact) mass is 393 g/mol. The molecule has 0 saturated heterocycles. The van der Waals surface area contributed by atoms with Crippen molar-refractivity contribution in [2.75, 3.05) is 19.5 Å². The quantitative estimate of drug-likeness (QED) is 0.694. The number of aromatic hydroxyl groups is 1. The van der Waals surface area contributed by atoms with Crippen LogP contribution in [-0.2, 0) is 11.3 Å². The molecule has 2 heterocycles. The van der Waals surface area contributed by atoms with E-state index < -0.39 is 0 Å². The van der Waals surface area contributed by atoms with Crippen molar-refractivity contribution in [3.8, 4) is 17.2 Å². The number of carbonyl (C=O) groups is 1. The Kier molecular flexibility index (Phi) is 4.88. The van der Waals surface area contributed by atoms with E-state index in [9.17, 15) is 9.90 Å². The van der Waals surface area contributed by atoms with Gasteiger partial charge in [0.05, 0.1) is 26.5 Å². The molecule has 1 aromatic heterocycles. The normalized spacial score (nSPS) is 15.6. The number of nitrogens with one attached hydrogen (secondary N) is 1. The maximum atomic E-state index is 12.5. The molecule has 4 rings (SSSR count). The number of hydrogen-bond acceptors (Lipinski definition) is 5. The first kappa shape index (κ1) is 18.9. The molecule has 150 valence electrons. The summed E-state index contributed by atoms with van der Waals surface area (Å²) in [6.07, 6.45) is 0.280. The van der Waals surface area contributed by atoms with Crippen molar-refractivity contribution in [2.45, 2.75) is 25.8 Å². The molecule has 2 aromatic carbocycles. The largest absolute Gasteiger partial charge is 0.502 e. The SMILES string of the molecule is COc1cc(C2CC(=O)Nc3c2c(C)nn3Cc2ccccc2)cc(OC)c1O. The van der Waals surface area contributed by atoms with Crippen LogP contribution < -0.4 is 14.8 Å². The van der Waals surface area contributed by atoms with E-state index in [1.807, 2.05) is 41.9 Å². The van der Waals surface area contributed by atoms with Gasteiger partial charge >= 0.3 is 0 Å². The minimum absolute atomic E-state index is 0.0595. The van der Waals surface area contributed by atoms with Gasteiger partial charge in [-0.1, -0.05) is 30.3 Å². The Hall–Kier alpha value is -3.48. The summed E-state index contributed by atoms with van der Waals surface area (Å²) in [5, 5.41) is 17.9. The molecule has 0 saturated carbocycles. The van der Waals surface area contributed by atoms with Crippen molar-refractivity contribution in [3.05, 3.63) is 64.8 Å². The summed E-state index contributed by atoms with van der Waals surface area (Å²) in [5.74, 6) is 0.964. The zero-order chi connectivity index (χ0) is 20.5. The Morgan fingerprint density at radius 1 is 1.17 bits per heavy atom. The van der Waals surface area contributed by atoms with E-state index in [1.54, 1.807) is 12.1 Å². The number of phenols is 1. The third kappa shape index (κ3) is 3.40. The molecule has 0 bridgehead atoms. The number of rotatable bonds is 5. The van der Waals surface area contributed by atoms with E-state index in [0.29, 0.717) is 23.9 Å². The topological polar surface area (TPSA) is 85.6 Å². The lowest BCUT2D eigenvalue weighted by molar-refractivity contribution is -0.116. The number of fused-ring (bicyclic) bond motifs is 1. The molecule has 1 aliphatic rings. The fourth-order valence-electron chi connectivity index (χ4n) is 3.89. The van der Waals surface area contributed by atoms with E-state index in [4.69, 9.17) is 14.6 Å². The van der Waals surface area contributed by atoms with Crippen LogP contribution in [0.5, 0.6) is 17.2 Å². The van der Waals surface area contributed by atoms with Gasteiger partial charge in [0, 0.05) is 17.9 Å². The van der Waals surface area contributed by atoms with Crippen LogP contribution in [0, 0.1) is 6.92 Å². The number of amides is 1. The Morgan fingerprint density at radius 2 is 1.83 bits per heavy atom. The smallest absolute Gasteiger partial charge is 0.226 e. The van der Waals surface area contributed by atoms with Gasteiger partial charge in [-0.25, -0.2) is 4.68 Å². The predicted molar refractivity (Wildman–Crippen MR) is 109 cm³/mol. The molecule has 0 spiro atoms. The average Bonchev–Trinajstić information content (AvgIpc) is 3.03. The second-order valence-electron chi connectivity index (χ2n) is 7.07. The molecular formula is C22H23N3O4. The molecule has 1 unspecified atom stereocenters.